The van der Waals surface area contributed by atoms with E-state index in [2.05, 4.69) is 22.1 Å². The van der Waals surface area contributed by atoms with Crippen LogP contribution in [0.4, 0.5) is 0 Å². The number of hydrogen-bond donors (Lipinski definition) is 2. The standard InChI is InChI=1S/C16H22N2O2/c1-13-12-15(8-7-14(13)6-4-11-19)16(20)17-9-5-10-18(2)3/h7-8,12,19H,5,9-11H2,1-3H3,(H,17,20). The minimum atomic E-state index is -0.159. The van der Waals surface area contributed by atoms with Crippen LogP contribution in [-0.2, 0) is 0 Å². The summed E-state index contributed by atoms with van der Waals surface area (Å²) in [6.07, 6.45) is 0.928. The number of nitrogens with zero attached hydrogens (tertiary/aromatic N) is 1. The molecule has 108 valence electrons. The van der Waals surface area contributed by atoms with Crippen LogP contribution in [0.2, 0.25) is 0 Å². The van der Waals surface area contributed by atoms with Crippen molar-refractivity contribution in [3.8, 4) is 11.8 Å². The summed E-state index contributed by atoms with van der Waals surface area (Å²) in [6.45, 7) is 3.37. The van der Waals surface area contributed by atoms with Crippen molar-refractivity contribution in [1.29, 1.82) is 0 Å². The molecule has 4 nitrogen and oxygen atoms in total. The van der Waals surface area contributed by atoms with E-state index in [1.54, 1.807) is 6.07 Å². The monoisotopic (exact) mass is 274 g/mol. The Morgan fingerprint density at radius 3 is 2.75 bits per heavy atom. The van der Waals surface area contributed by atoms with Crippen LogP contribution in [0.25, 0.3) is 0 Å². The zero-order valence-corrected chi connectivity index (χ0v) is 12.4. The lowest BCUT2D eigenvalue weighted by molar-refractivity contribution is 0.0952. The molecule has 0 bridgehead atoms. The number of benzene rings is 1. The molecule has 20 heavy (non-hydrogen) atoms. The highest BCUT2D eigenvalue weighted by molar-refractivity contribution is 5.94. The molecule has 1 amide bonds. The second-order valence-electron chi connectivity index (χ2n) is 4.90. The van der Waals surface area contributed by atoms with E-state index in [-0.39, 0.29) is 12.5 Å². The quantitative estimate of drug-likeness (QED) is 0.622. The van der Waals surface area contributed by atoms with E-state index in [9.17, 15) is 4.79 Å². The predicted octanol–water partition coefficient (Wildman–Crippen LogP) is 1.02. The molecule has 0 fully saturated rings. The molecule has 0 aliphatic rings. The number of hydrogen-bond acceptors (Lipinski definition) is 3. The van der Waals surface area contributed by atoms with E-state index in [1.807, 2.05) is 33.2 Å². The van der Waals surface area contributed by atoms with E-state index in [0.29, 0.717) is 12.1 Å². The minimum Gasteiger partial charge on any atom is -0.384 e. The van der Waals surface area contributed by atoms with Gasteiger partial charge in [0.2, 0.25) is 0 Å². The van der Waals surface area contributed by atoms with Crippen LogP contribution in [0.15, 0.2) is 18.2 Å². The first-order valence-electron chi connectivity index (χ1n) is 6.68. The zero-order valence-electron chi connectivity index (χ0n) is 12.4. The maximum absolute atomic E-state index is 12.0. The summed E-state index contributed by atoms with van der Waals surface area (Å²) < 4.78 is 0. The van der Waals surface area contributed by atoms with Crippen LogP contribution in [0.1, 0.15) is 27.9 Å². The van der Waals surface area contributed by atoms with Gasteiger partial charge in [-0.15, -0.1) is 0 Å². The second kappa shape index (κ2) is 8.36. The maximum atomic E-state index is 12.0. The number of aliphatic hydroxyl groups excluding tert-OH is 1. The van der Waals surface area contributed by atoms with Crippen molar-refractivity contribution in [3.05, 3.63) is 34.9 Å². The van der Waals surface area contributed by atoms with Crippen molar-refractivity contribution in [1.82, 2.24) is 10.2 Å². The van der Waals surface area contributed by atoms with Crippen LogP contribution in [0, 0.1) is 18.8 Å². The third kappa shape index (κ3) is 5.43. The lowest BCUT2D eigenvalue weighted by atomic mass is 10.0. The van der Waals surface area contributed by atoms with Crippen LogP contribution >= 0.6 is 0 Å². The van der Waals surface area contributed by atoms with Crippen LogP contribution in [-0.4, -0.2) is 49.7 Å². The highest BCUT2D eigenvalue weighted by Gasteiger charge is 2.06. The van der Waals surface area contributed by atoms with Gasteiger partial charge in [0.15, 0.2) is 0 Å². The largest absolute Gasteiger partial charge is 0.384 e. The third-order valence-electron chi connectivity index (χ3n) is 2.86. The topological polar surface area (TPSA) is 52.6 Å². The molecule has 1 rings (SSSR count). The summed E-state index contributed by atoms with van der Waals surface area (Å²) in [4.78, 5) is 14.1. The summed E-state index contributed by atoms with van der Waals surface area (Å²) in [5.41, 5.74) is 2.41. The van der Waals surface area contributed by atoms with Gasteiger partial charge >= 0.3 is 0 Å². The number of amides is 1. The molecule has 0 unspecified atom stereocenters. The Balaban J connectivity index is 2.59. The van der Waals surface area contributed by atoms with Gasteiger partial charge in [-0.2, -0.15) is 0 Å². The van der Waals surface area contributed by atoms with Gasteiger partial charge in [0.25, 0.3) is 5.91 Å². The van der Waals surface area contributed by atoms with Crippen LogP contribution in [0.3, 0.4) is 0 Å². The van der Waals surface area contributed by atoms with Crippen LogP contribution < -0.4 is 5.32 Å². The average molecular weight is 274 g/mol. The molecule has 0 saturated carbocycles. The van der Waals surface area contributed by atoms with Crippen molar-refractivity contribution in [3.63, 3.8) is 0 Å². The summed E-state index contributed by atoms with van der Waals surface area (Å²) in [5, 5.41) is 11.6. The van der Waals surface area contributed by atoms with Gasteiger partial charge in [-0.3, -0.25) is 4.79 Å². The van der Waals surface area contributed by atoms with Gasteiger partial charge in [0.05, 0.1) is 0 Å². The molecule has 0 aromatic heterocycles. The van der Waals surface area contributed by atoms with Crippen molar-refractivity contribution in [2.24, 2.45) is 0 Å². The third-order valence-corrected chi connectivity index (χ3v) is 2.86. The normalized spacial score (nSPS) is 10.1. The van der Waals surface area contributed by atoms with E-state index in [4.69, 9.17) is 5.11 Å². The average Bonchev–Trinajstić information content (AvgIpc) is 2.41. The molecular weight excluding hydrogens is 252 g/mol. The zero-order chi connectivity index (χ0) is 15.0. The molecule has 0 spiro atoms. The first kappa shape index (κ1) is 16.2. The number of rotatable bonds is 5. The fourth-order valence-corrected chi connectivity index (χ4v) is 1.78. The first-order chi connectivity index (χ1) is 9.54. The lowest BCUT2D eigenvalue weighted by Gasteiger charge is -2.10. The van der Waals surface area contributed by atoms with Gasteiger partial charge in [-0.25, -0.2) is 0 Å². The molecule has 0 heterocycles. The van der Waals surface area contributed by atoms with Crippen molar-refractivity contribution < 1.29 is 9.90 Å². The SMILES string of the molecule is Cc1cc(C(=O)NCCCN(C)C)ccc1C#CCO. The summed E-state index contributed by atoms with van der Waals surface area (Å²) in [6, 6.07) is 5.39. The van der Waals surface area contributed by atoms with Gasteiger partial charge in [-0.1, -0.05) is 11.8 Å². The fraction of sp³-hybridized carbons (Fsp3) is 0.438. The van der Waals surface area contributed by atoms with E-state index in [1.165, 1.54) is 0 Å². The Morgan fingerprint density at radius 1 is 1.40 bits per heavy atom. The summed E-state index contributed by atoms with van der Waals surface area (Å²) >= 11 is 0. The molecule has 0 aliphatic heterocycles. The number of nitrogens with one attached hydrogen (secondary N) is 1. The van der Waals surface area contributed by atoms with Gasteiger partial charge < -0.3 is 15.3 Å². The van der Waals surface area contributed by atoms with Crippen LogP contribution in [0.5, 0.6) is 0 Å². The first-order valence-corrected chi connectivity index (χ1v) is 6.68. The smallest absolute Gasteiger partial charge is 0.251 e. The Hall–Kier alpha value is -1.83. The van der Waals surface area contributed by atoms with Gasteiger partial charge in [0.1, 0.15) is 6.61 Å². The highest BCUT2D eigenvalue weighted by Crippen LogP contribution is 2.10. The van der Waals surface area contributed by atoms with E-state index >= 15 is 0 Å². The van der Waals surface area contributed by atoms with Gasteiger partial charge in [-0.05, 0) is 57.7 Å². The number of aryl methyl sites for hydroxylation is 1. The Bertz CT molecular complexity index is 513. The Morgan fingerprint density at radius 2 is 2.15 bits per heavy atom. The fourth-order valence-electron chi connectivity index (χ4n) is 1.78. The number of carbonyl (C=O) groups excluding carboxylic acids is 1. The molecule has 1 aromatic carbocycles. The molecule has 1 aromatic rings. The maximum Gasteiger partial charge on any atom is 0.251 e. The highest BCUT2D eigenvalue weighted by atomic mass is 16.2. The molecular formula is C16H22N2O2. The Kier molecular flexibility index (Phi) is 6.78. The second-order valence-corrected chi connectivity index (χ2v) is 4.90. The van der Waals surface area contributed by atoms with Crippen molar-refractivity contribution in [2.75, 3.05) is 33.8 Å². The molecule has 0 aliphatic carbocycles. The molecule has 4 heteroatoms. The van der Waals surface area contributed by atoms with E-state index in [0.717, 1.165) is 24.1 Å². The van der Waals surface area contributed by atoms with Gasteiger partial charge in [0, 0.05) is 17.7 Å². The number of carbonyl (C=O) groups is 1. The minimum absolute atomic E-state index is 0.0616. The molecule has 0 atom stereocenters. The number of aliphatic hydroxyl groups is 1. The van der Waals surface area contributed by atoms with E-state index < -0.39 is 0 Å². The Labute approximate surface area is 120 Å². The molecule has 0 saturated heterocycles. The lowest BCUT2D eigenvalue weighted by Crippen LogP contribution is -2.27. The predicted molar refractivity (Wildman–Crippen MR) is 80.6 cm³/mol. The molecule has 2 N–H and O–H groups in total. The summed E-state index contributed by atoms with van der Waals surface area (Å²) in [7, 11) is 4.02. The van der Waals surface area contributed by atoms with Crippen molar-refractivity contribution in [2.45, 2.75) is 13.3 Å². The van der Waals surface area contributed by atoms with Crippen molar-refractivity contribution >= 4 is 5.91 Å². The molecule has 0 radical (unpaired) electrons. The summed E-state index contributed by atoms with van der Waals surface area (Å²) in [5.74, 6) is 5.40.